The molecule has 0 spiro atoms. The molecule has 8 heteroatoms. The van der Waals surface area contributed by atoms with Crippen LogP contribution in [0.2, 0.25) is 0 Å². The van der Waals surface area contributed by atoms with Crippen LogP contribution in [0, 0.1) is 11.6 Å². The van der Waals surface area contributed by atoms with E-state index in [2.05, 4.69) is 15.5 Å². The summed E-state index contributed by atoms with van der Waals surface area (Å²) in [6, 6.07) is 12.0. The van der Waals surface area contributed by atoms with Gasteiger partial charge >= 0.3 is 6.01 Å². The van der Waals surface area contributed by atoms with E-state index >= 15 is 0 Å². The minimum absolute atomic E-state index is 0.0294. The van der Waals surface area contributed by atoms with Gasteiger partial charge in [0.05, 0.1) is 0 Å². The zero-order valence-corrected chi connectivity index (χ0v) is 15.6. The van der Waals surface area contributed by atoms with Crippen LogP contribution in [0.4, 0.5) is 14.8 Å². The van der Waals surface area contributed by atoms with Crippen molar-refractivity contribution in [3.63, 3.8) is 0 Å². The summed E-state index contributed by atoms with van der Waals surface area (Å²) < 4.78 is 31.3. The van der Waals surface area contributed by atoms with E-state index in [0.29, 0.717) is 31.0 Å². The smallest absolute Gasteiger partial charge is 0.321 e. The molecule has 6 nitrogen and oxygen atoms in total. The summed E-state index contributed by atoms with van der Waals surface area (Å²) in [4.78, 5) is 18.8. The molecule has 1 aromatic heterocycles. The highest BCUT2D eigenvalue weighted by atomic mass is 19.1. The van der Waals surface area contributed by atoms with Crippen molar-refractivity contribution in [3.8, 4) is 0 Å². The first-order chi connectivity index (χ1) is 14.1. The largest absolute Gasteiger partial charge is 0.338 e. The van der Waals surface area contributed by atoms with Gasteiger partial charge in [-0.05, 0) is 54.8 Å². The molecule has 0 aliphatic carbocycles. The standard InChI is InChI=1S/C21H20F2N4O2/c22-17-7-3-14(4-8-17)12-24-21-25-19(26-29-21)16-2-1-11-27(13-16)20(28)15-5-9-18(23)10-6-15/h3-10,16H,1-2,11-13H2,(H,24,25,26). The monoisotopic (exact) mass is 398 g/mol. The predicted molar refractivity (Wildman–Crippen MR) is 102 cm³/mol. The molecular weight excluding hydrogens is 378 g/mol. The number of carbonyl (C=O) groups is 1. The molecule has 0 bridgehead atoms. The van der Waals surface area contributed by atoms with Crippen LogP contribution in [-0.4, -0.2) is 34.0 Å². The molecule has 2 heterocycles. The summed E-state index contributed by atoms with van der Waals surface area (Å²) in [5, 5.41) is 7.07. The minimum Gasteiger partial charge on any atom is -0.338 e. The lowest BCUT2D eigenvalue weighted by Crippen LogP contribution is -2.39. The van der Waals surface area contributed by atoms with Gasteiger partial charge < -0.3 is 14.7 Å². The molecule has 1 aliphatic heterocycles. The van der Waals surface area contributed by atoms with E-state index in [1.165, 1.54) is 36.4 Å². The Morgan fingerprint density at radius 2 is 1.79 bits per heavy atom. The van der Waals surface area contributed by atoms with E-state index in [0.717, 1.165) is 18.4 Å². The molecular formula is C21H20F2N4O2. The van der Waals surface area contributed by atoms with Gasteiger partial charge in [-0.3, -0.25) is 4.79 Å². The molecule has 3 aromatic rings. The first-order valence-electron chi connectivity index (χ1n) is 9.45. The molecule has 1 saturated heterocycles. The Balaban J connectivity index is 1.37. The van der Waals surface area contributed by atoms with Gasteiger partial charge in [0.25, 0.3) is 5.91 Å². The van der Waals surface area contributed by atoms with Crippen LogP contribution in [0.25, 0.3) is 0 Å². The van der Waals surface area contributed by atoms with Gasteiger partial charge in [0.1, 0.15) is 11.6 Å². The molecule has 1 amide bonds. The Hall–Kier alpha value is -3.29. The number of aromatic nitrogens is 2. The zero-order valence-electron chi connectivity index (χ0n) is 15.6. The van der Waals surface area contributed by atoms with Gasteiger partial charge in [-0.1, -0.05) is 17.3 Å². The Morgan fingerprint density at radius 1 is 1.10 bits per heavy atom. The number of piperidine rings is 1. The maximum Gasteiger partial charge on any atom is 0.321 e. The number of hydrogen-bond donors (Lipinski definition) is 1. The van der Waals surface area contributed by atoms with Crippen LogP contribution in [0.15, 0.2) is 53.1 Å². The van der Waals surface area contributed by atoms with Crippen LogP contribution in [0.1, 0.15) is 40.5 Å². The van der Waals surface area contributed by atoms with Crippen molar-refractivity contribution in [2.24, 2.45) is 0 Å². The second-order valence-corrected chi connectivity index (χ2v) is 7.03. The molecule has 150 valence electrons. The first-order valence-corrected chi connectivity index (χ1v) is 9.45. The van der Waals surface area contributed by atoms with Gasteiger partial charge in [-0.15, -0.1) is 0 Å². The van der Waals surface area contributed by atoms with Crippen molar-refractivity contribution in [2.75, 3.05) is 18.4 Å². The summed E-state index contributed by atoms with van der Waals surface area (Å²) >= 11 is 0. The number of anilines is 1. The number of benzene rings is 2. The lowest BCUT2D eigenvalue weighted by Gasteiger charge is -2.31. The van der Waals surface area contributed by atoms with E-state index in [1.54, 1.807) is 17.0 Å². The van der Waals surface area contributed by atoms with Gasteiger partial charge in [0, 0.05) is 31.1 Å². The Kier molecular flexibility index (Phi) is 5.50. The van der Waals surface area contributed by atoms with Crippen molar-refractivity contribution < 1.29 is 18.1 Å². The molecule has 29 heavy (non-hydrogen) atoms. The second kappa shape index (κ2) is 8.38. The number of halogens is 2. The lowest BCUT2D eigenvalue weighted by molar-refractivity contribution is 0.0703. The Bertz CT molecular complexity index is 973. The molecule has 1 fully saturated rings. The fourth-order valence-electron chi connectivity index (χ4n) is 3.40. The SMILES string of the molecule is O=C(c1ccc(F)cc1)N1CCCC(c2noc(NCc3ccc(F)cc3)n2)C1. The Morgan fingerprint density at radius 3 is 2.52 bits per heavy atom. The van der Waals surface area contributed by atoms with Gasteiger partial charge in [0.15, 0.2) is 5.82 Å². The van der Waals surface area contributed by atoms with E-state index in [-0.39, 0.29) is 29.5 Å². The predicted octanol–water partition coefficient (Wildman–Crippen LogP) is 3.98. The molecule has 1 atom stereocenters. The average Bonchev–Trinajstić information content (AvgIpc) is 3.23. The third-order valence-electron chi connectivity index (χ3n) is 4.96. The zero-order chi connectivity index (χ0) is 20.2. The maximum absolute atomic E-state index is 13.1. The molecule has 1 aliphatic rings. The Labute approximate surface area is 166 Å². The van der Waals surface area contributed by atoms with Crippen LogP contribution in [-0.2, 0) is 6.54 Å². The fraction of sp³-hybridized carbons (Fsp3) is 0.286. The third-order valence-corrected chi connectivity index (χ3v) is 4.96. The number of nitrogens with one attached hydrogen (secondary N) is 1. The van der Waals surface area contributed by atoms with E-state index in [1.807, 2.05) is 0 Å². The van der Waals surface area contributed by atoms with E-state index in [4.69, 9.17) is 4.52 Å². The molecule has 0 radical (unpaired) electrons. The number of hydrogen-bond acceptors (Lipinski definition) is 5. The third kappa shape index (κ3) is 4.59. The first kappa shape index (κ1) is 19.0. The molecule has 1 N–H and O–H groups in total. The highest BCUT2D eigenvalue weighted by molar-refractivity contribution is 5.94. The second-order valence-electron chi connectivity index (χ2n) is 7.03. The van der Waals surface area contributed by atoms with E-state index < -0.39 is 0 Å². The van der Waals surface area contributed by atoms with Crippen molar-refractivity contribution >= 4 is 11.9 Å². The minimum atomic E-state index is -0.370. The molecule has 2 aromatic carbocycles. The average molecular weight is 398 g/mol. The molecule has 1 unspecified atom stereocenters. The van der Waals surface area contributed by atoms with Crippen molar-refractivity contribution in [3.05, 3.63) is 77.1 Å². The maximum atomic E-state index is 13.1. The van der Waals surface area contributed by atoms with Crippen LogP contribution in [0.5, 0.6) is 0 Å². The van der Waals surface area contributed by atoms with Gasteiger partial charge in [-0.2, -0.15) is 4.98 Å². The van der Waals surface area contributed by atoms with Crippen molar-refractivity contribution in [2.45, 2.75) is 25.3 Å². The van der Waals surface area contributed by atoms with Crippen molar-refractivity contribution in [1.29, 1.82) is 0 Å². The summed E-state index contributed by atoms with van der Waals surface area (Å²) in [6.45, 7) is 1.55. The lowest BCUT2D eigenvalue weighted by atomic mass is 9.96. The summed E-state index contributed by atoms with van der Waals surface area (Å²) in [5.41, 5.74) is 1.35. The highest BCUT2D eigenvalue weighted by Gasteiger charge is 2.28. The van der Waals surface area contributed by atoms with Crippen LogP contribution < -0.4 is 5.32 Å². The van der Waals surface area contributed by atoms with Crippen LogP contribution >= 0.6 is 0 Å². The molecule has 4 rings (SSSR count). The number of amides is 1. The number of likely N-dealkylation sites (tertiary alicyclic amines) is 1. The number of carbonyl (C=O) groups excluding carboxylic acids is 1. The molecule has 0 saturated carbocycles. The summed E-state index contributed by atoms with van der Waals surface area (Å²) in [5.74, 6) is -0.272. The number of rotatable bonds is 5. The normalized spacial score (nSPS) is 16.6. The van der Waals surface area contributed by atoms with Gasteiger partial charge in [-0.25, -0.2) is 8.78 Å². The van der Waals surface area contributed by atoms with E-state index in [9.17, 15) is 13.6 Å². The highest BCUT2D eigenvalue weighted by Crippen LogP contribution is 2.27. The summed E-state index contributed by atoms with van der Waals surface area (Å²) in [6.07, 6.45) is 1.68. The van der Waals surface area contributed by atoms with Crippen LogP contribution in [0.3, 0.4) is 0 Å². The van der Waals surface area contributed by atoms with Crippen molar-refractivity contribution in [1.82, 2.24) is 15.0 Å². The van der Waals surface area contributed by atoms with Gasteiger partial charge in [0.2, 0.25) is 0 Å². The summed E-state index contributed by atoms with van der Waals surface area (Å²) in [7, 11) is 0. The number of nitrogens with zero attached hydrogens (tertiary/aromatic N) is 3. The quantitative estimate of drug-likeness (QED) is 0.704. The topological polar surface area (TPSA) is 71.3 Å². The fourth-order valence-corrected chi connectivity index (χ4v) is 3.40.